The summed E-state index contributed by atoms with van der Waals surface area (Å²) in [6, 6.07) is 10.6. The molecule has 2 rings (SSSR count). The van der Waals surface area contributed by atoms with Gasteiger partial charge in [-0.15, -0.1) is 0 Å². The van der Waals surface area contributed by atoms with Gasteiger partial charge in [0, 0.05) is 24.5 Å². The van der Waals surface area contributed by atoms with Crippen LogP contribution < -0.4 is 22.1 Å². The van der Waals surface area contributed by atoms with Crippen molar-refractivity contribution in [3.05, 3.63) is 66.0 Å². The fourth-order valence-electron chi connectivity index (χ4n) is 3.43. The molecule has 0 unspecified atom stereocenters. The van der Waals surface area contributed by atoms with Crippen molar-refractivity contribution in [2.45, 2.75) is 63.9 Å². The second-order valence-electron chi connectivity index (χ2n) is 9.57. The highest BCUT2D eigenvalue weighted by atomic mass is 16.3. The van der Waals surface area contributed by atoms with Gasteiger partial charge in [-0.3, -0.25) is 14.6 Å². The Labute approximate surface area is 206 Å². The largest absolute Gasteiger partial charge is 0.389 e. The number of primary amides is 1. The molecule has 0 aliphatic rings. The van der Waals surface area contributed by atoms with E-state index in [9.17, 15) is 19.5 Å². The number of urea groups is 1. The number of aliphatic hydroxyl groups excluding tert-OH is 1. The monoisotopic (exact) mass is 484 g/mol. The van der Waals surface area contributed by atoms with Gasteiger partial charge in [0.1, 0.15) is 0 Å². The van der Waals surface area contributed by atoms with Gasteiger partial charge in [0.2, 0.25) is 11.8 Å². The van der Waals surface area contributed by atoms with Crippen LogP contribution in [0.3, 0.4) is 0 Å². The third-order valence-electron chi connectivity index (χ3n) is 5.15. The standard InChI is InChI=1S/C25H36N6O4/c1-25(2,3)30-24(35)31(15-18-9-11-28-12-10-18)16-21(32)20(13-17-7-5-4-6-8-17)29-23(34)19(26)14-22(27)33/h4-12,19-21,32H,13-16,26H2,1-3H3,(H2,27,33)(H,29,34)(H,30,35)/t19-,20-,21+/m0/s1. The predicted octanol–water partition coefficient (Wildman–Crippen LogP) is 0.683. The van der Waals surface area contributed by atoms with Crippen LogP contribution in [0.25, 0.3) is 0 Å². The van der Waals surface area contributed by atoms with Gasteiger partial charge in [-0.2, -0.15) is 0 Å². The van der Waals surface area contributed by atoms with Crippen molar-refractivity contribution >= 4 is 17.8 Å². The second kappa shape index (κ2) is 12.8. The van der Waals surface area contributed by atoms with Crippen molar-refractivity contribution < 1.29 is 19.5 Å². The van der Waals surface area contributed by atoms with Crippen molar-refractivity contribution in [2.24, 2.45) is 11.5 Å². The van der Waals surface area contributed by atoms with Crippen molar-refractivity contribution in [3.63, 3.8) is 0 Å². The van der Waals surface area contributed by atoms with Gasteiger partial charge in [-0.05, 0) is 50.5 Å². The first kappa shape index (κ1) is 27.7. The van der Waals surface area contributed by atoms with Crippen LogP contribution in [-0.2, 0) is 22.6 Å². The van der Waals surface area contributed by atoms with Gasteiger partial charge < -0.3 is 32.1 Å². The maximum atomic E-state index is 13.1. The van der Waals surface area contributed by atoms with E-state index < -0.39 is 35.5 Å². The summed E-state index contributed by atoms with van der Waals surface area (Å²) in [4.78, 5) is 42.4. The Morgan fingerprint density at radius 2 is 1.69 bits per heavy atom. The number of benzene rings is 1. The Bertz CT molecular complexity index is 965. The minimum absolute atomic E-state index is 0.0624. The Morgan fingerprint density at radius 1 is 1.06 bits per heavy atom. The Hall–Kier alpha value is -3.50. The fourth-order valence-corrected chi connectivity index (χ4v) is 3.43. The fraction of sp³-hybridized carbons (Fsp3) is 0.440. The lowest BCUT2D eigenvalue weighted by Crippen LogP contribution is -2.56. The molecule has 190 valence electrons. The van der Waals surface area contributed by atoms with Gasteiger partial charge in [0.15, 0.2) is 0 Å². The van der Waals surface area contributed by atoms with E-state index in [2.05, 4.69) is 15.6 Å². The summed E-state index contributed by atoms with van der Waals surface area (Å²) in [6.45, 7) is 5.77. The number of rotatable bonds is 11. The zero-order valence-electron chi connectivity index (χ0n) is 20.5. The van der Waals surface area contributed by atoms with Crippen molar-refractivity contribution in [1.82, 2.24) is 20.5 Å². The Kier molecular flexibility index (Phi) is 10.2. The Balaban J connectivity index is 2.25. The third-order valence-corrected chi connectivity index (χ3v) is 5.15. The first-order valence-corrected chi connectivity index (χ1v) is 11.5. The lowest BCUT2D eigenvalue weighted by molar-refractivity contribution is -0.127. The van der Waals surface area contributed by atoms with Gasteiger partial charge in [-0.25, -0.2) is 4.79 Å². The summed E-state index contributed by atoms with van der Waals surface area (Å²) in [5.74, 6) is -1.31. The molecule has 0 aliphatic carbocycles. The maximum Gasteiger partial charge on any atom is 0.318 e. The summed E-state index contributed by atoms with van der Waals surface area (Å²) in [6.07, 6.45) is 2.10. The quantitative estimate of drug-likeness (QED) is 0.315. The number of nitrogens with one attached hydrogen (secondary N) is 2. The van der Waals surface area contributed by atoms with E-state index in [0.29, 0.717) is 6.42 Å². The first-order valence-electron chi connectivity index (χ1n) is 11.5. The average molecular weight is 485 g/mol. The van der Waals surface area contributed by atoms with Crippen LogP contribution in [0.4, 0.5) is 4.79 Å². The topological polar surface area (TPSA) is 164 Å². The third kappa shape index (κ3) is 10.1. The lowest BCUT2D eigenvalue weighted by atomic mass is 9.99. The SMILES string of the molecule is CC(C)(C)NC(=O)N(Cc1ccncc1)C[C@@H](O)[C@H](Cc1ccccc1)NC(=O)[C@@H](N)CC(N)=O. The van der Waals surface area contributed by atoms with Crippen molar-refractivity contribution in [1.29, 1.82) is 0 Å². The smallest absolute Gasteiger partial charge is 0.318 e. The summed E-state index contributed by atoms with van der Waals surface area (Å²) >= 11 is 0. The molecule has 3 atom stereocenters. The number of aromatic nitrogens is 1. The number of hydrogen-bond donors (Lipinski definition) is 5. The molecule has 1 aromatic carbocycles. The molecular weight excluding hydrogens is 448 g/mol. The molecule has 0 fully saturated rings. The number of pyridine rings is 1. The normalized spacial score (nSPS) is 13.9. The van der Waals surface area contributed by atoms with Gasteiger partial charge in [-0.1, -0.05) is 30.3 Å². The number of carbonyl (C=O) groups excluding carboxylic acids is 3. The van der Waals surface area contributed by atoms with E-state index in [1.54, 1.807) is 24.5 Å². The van der Waals surface area contributed by atoms with Gasteiger partial charge >= 0.3 is 6.03 Å². The number of hydrogen-bond acceptors (Lipinski definition) is 6. The highest BCUT2D eigenvalue weighted by Gasteiger charge is 2.29. The molecule has 10 nitrogen and oxygen atoms in total. The minimum Gasteiger partial charge on any atom is -0.389 e. The van der Waals surface area contributed by atoms with Gasteiger partial charge in [0.25, 0.3) is 0 Å². The molecule has 0 saturated carbocycles. The van der Waals surface area contributed by atoms with E-state index in [0.717, 1.165) is 11.1 Å². The maximum absolute atomic E-state index is 13.1. The molecule has 10 heteroatoms. The molecule has 0 saturated heterocycles. The predicted molar refractivity (Wildman–Crippen MR) is 133 cm³/mol. The molecule has 0 bridgehead atoms. The van der Waals surface area contributed by atoms with Crippen LogP contribution in [0.2, 0.25) is 0 Å². The van der Waals surface area contributed by atoms with Gasteiger partial charge in [0.05, 0.1) is 31.2 Å². The summed E-state index contributed by atoms with van der Waals surface area (Å²) in [5.41, 5.74) is 12.2. The van der Waals surface area contributed by atoms with Crippen LogP contribution in [0.1, 0.15) is 38.3 Å². The highest BCUT2D eigenvalue weighted by Crippen LogP contribution is 2.12. The molecule has 2 aromatic rings. The lowest BCUT2D eigenvalue weighted by Gasteiger charge is -2.33. The summed E-state index contributed by atoms with van der Waals surface area (Å²) < 4.78 is 0. The van der Waals surface area contributed by atoms with Crippen LogP contribution in [0.5, 0.6) is 0 Å². The number of nitrogens with two attached hydrogens (primary N) is 2. The number of aliphatic hydroxyl groups is 1. The van der Waals surface area contributed by atoms with Crippen LogP contribution in [-0.4, -0.2) is 63.1 Å². The summed E-state index contributed by atoms with van der Waals surface area (Å²) in [7, 11) is 0. The number of nitrogens with zero attached hydrogens (tertiary/aromatic N) is 2. The second-order valence-corrected chi connectivity index (χ2v) is 9.57. The molecule has 0 radical (unpaired) electrons. The number of amides is 4. The zero-order valence-corrected chi connectivity index (χ0v) is 20.5. The minimum atomic E-state index is -1.14. The molecule has 1 heterocycles. The van der Waals surface area contributed by atoms with Crippen LogP contribution in [0.15, 0.2) is 54.9 Å². The molecule has 35 heavy (non-hydrogen) atoms. The molecule has 4 amide bonds. The van der Waals surface area contributed by atoms with E-state index in [4.69, 9.17) is 11.5 Å². The van der Waals surface area contributed by atoms with Crippen molar-refractivity contribution in [2.75, 3.05) is 6.54 Å². The Morgan fingerprint density at radius 3 is 2.26 bits per heavy atom. The van der Waals surface area contributed by atoms with Crippen LogP contribution in [0, 0.1) is 0 Å². The van der Waals surface area contributed by atoms with E-state index >= 15 is 0 Å². The van der Waals surface area contributed by atoms with E-state index in [1.165, 1.54) is 4.90 Å². The molecule has 1 aromatic heterocycles. The first-order chi connectivity index (χ1) is 16.4. The zero-order chi connectivity index (χ0) is 26.0. The number of carbonyl (C=O) groups is 3. The average Bonchev–Trinajstić information content (AvgIpc) is 2.78. The molecule has 7 N–H and O–H groups in total. The molecule has 0 aliphatic heterocycles. The highest BCUT2D eigenvalue weighted by molar-refractivity contribution is 5.87. The molecular formula is C25H36N6O4. The van der Waals surface area contributed by atoms with E-state index in [-0.39, 0.29) is 25.5 Å². The van der Waals surface area contributed by atoms with Crippen molar-refractivity contribution in [3.8, 4) is 0 Å². The molecule has 0 spiro atoms. The van der Waals surface area contributed by atoms with E-state index in [1.807, 2.05) is 51.1 Å². The summed E-state index contributed by atoms with van der Waals surface area (Å²) in [5, 5.41) is 16.8. The van der Waals surface area contributed by atoms with Crippen LogP contribution >= 0.6 is 0 Å².